The first-order valence-electron chi connectivity index (χ1n) is 5.93. The molecule has 0 fully saturated rings. The lowest BCUT2D eigenvalue weighted by molar-refractivity contribution is -0.140. The fourth-order valence-corrected chi connectivity index (χ4v) is 2.96. The van der Waals surface area contributed by atoms with Crippen molar-refractivity contribution in [3.05, 3.63) is 53.5 Å². The van der Waals surface area contributed by atoms with E-state index in [1.165, 1.54) is 12.1 Å². The molecule has 1 heterocycles. The van der Waals surface area contributed by atoms with Crippen LogP contribution in [0.4, 0.5) is 23.4 Å². The molecule has 0 aliphatic carbocycles. The number of nitrogens with one attached hydrogen (secondary N) is 1. The van der Waals surface area contributed by atoms with E-state index in [0.29, 0.717) is 17.8 Å². The third kappa shape index (κ3) is 3.53. The number of aromatic nitrogens is 1. The van der Waals surface area contributed by atoms with Crippen LogP contribution in [0.25, 0.3) is 0 Å². The van der Waals surface area contributed by atoms with Crippen molar-refractivity contribution in [2.75, 3.05) is 4.72 Å². The van der Waals surface area contributed by atoms with Crippen LogP contribution in [0.2, 0.25) is 0 Å². The summed E-state index contributed by atoms with van der Waals surface area (Å²) in [4.78, 5) is 2.78. The number of halogens is 4. The van der Waals surface area contributed by atoms with Crippen LogP contribution in [-0.4, -0.2) is 13.4 Å². The molecule has 0 unspecified atom stereocenters. The van der Waals surface area contributed by atoms with Crippen LogP contribution >= 0.6 is 0 Å². The predicted octanol–water partition coefficient (Wildman–Crippen LogP) is 3.35. The van der Waals surface area contributed by atoms with Crippen LogP contribution in [0.15, 0.2) is 41.3 Å². The Morgan fingerprint density at radius 3 is 2.41 bits per heavy atom. The molecule has 2 aromatic rings. The van der Waals surface area contributed by atoms with Gasteiger partial charge in [0.15, 0.2) is 0 Å². The van der Waals surface area contributed by atoms with Crippen LogP contribution in [-0.2, 0) is 16.2 Å². The van der Waals surface area contributed by atoms with E-state index < -0.39 is 32.5 Å². The minimum atomic E-state index is -5.01. The zero-order chi connectivity index (χ0) is 16.5. The fourth-order valence-electron chi connectivity index (χ4n) is 1.75. The van der Waals surface area contributed by atoms with Gasteiger partial charge < -0.3 is 0 Å². The summed E-state index contributed by atoms with van der Waals surface area (Å²) in [7, 11) is -4.56. The largest absolute Gasteiger partial charge is 0.417 e. The highest BCUT2D eigenvalue weighted by atomic mass is 32.2. The molecule has 0 amide bonds. The van der Waals surface area contributed by atoms with E-state index in [0.717, 1.165) is 0 Å². The summed E-state index contributed by atoms with van der Waals surface area (Å²) in [6.45, 7) is 1.59. The van der Waals surface area contributed by atoms with E-state index in [9.17, 15) is 26.0 Å². The molecule has 0 radical (unpaired) electrons. The van der Waals surface area contributed by atoms with Crippen LogP contribution < -0.4 is 4.72 Å². The smallest absolute Gasteiger partial charge is 0.263 e. The van der Waals surface area contributed by atoms with Crippen molar-refractivity contribution >= 4 is 15.8 Å². The Balaban J connectivity index is 2.50. The first-order chi connectivity index (χ1) is 10.1. The van der Waals surface area contributed by atoms with Gasteiger partial charge in [-0.1, -0.05) is 6.07 Å². The zero-order valence-corrected chi connectivity index (χ0v) is 12.0. The van der Waals surface area contributed by atoms with Crippen molar-refractivity contribution in [1.29, 1.82) is 0 Å². The molecule has 1 aromatic carbocycles. The average molecular weight is 334 g/mol. The van der Waals surface area contributed by atoms with E-state index in [-0.39, 0.29) is 11.9 Å². The molecular formula is C13H10F4N2O2S. The van der Waals surface area contributed by atoms with Crippen LogP contribution in [0.3, 0.4) is 0 Å². The minimum Gasteiger partial charge on any atom is -0.263 e. The lowest BCUT2D eigenvalue weighted by atomic mass is 10.2. The molecule has 0 bridgehead atoms. The van der Waals surface area contributed by atoms with Gasteiger partial charge >= 0.3 is 6.18 Å². The average Bonchev–Trinajstić information content (AvgIpc) is 2.36. The number of hydrogen-bond acceptors (Lipinski definition) is 3. The van der Waals surface area contributed by atoms with Crippen molar-refractivity contribution in [1.82, 2.24) is 4.98 Å². The van der Waals surface area contributed by atoms with Gasteiger partial charge in [-0.05, 0) is 37.3 Å². The molecule has 0 saturated heterocycles. The number of anilines is 1. The predicted molar refractivity (Wildman–Crippen MR) is 71.2 cm³/mol. The topological polar surface area (TPSA) is 59.1 Å². The van der Waals surface area contributed by atoms with Crippen molar-refractivity contribution in [2.24, 2.45) is 0 Å². The lowest BCUT2D eigenvalue weighted by Crippen LogP contribution is -2.19. The number of nitrogens with zero attached hydrogens (tertiary/aromatic N) is 1. The Kier molecular flexibility index (Phi) is 4.10. The number of hydrogen-bond donors (Lipinski definition) is 1. The quantitative estimate of drug-likeness (QED) is 0.876. The molecule has 118 valence electrons. The standard InChI is InChI=1S/C13H10F4N2O2S/c1-8-3-2-4-12(18-8)19-22(20,21)11-6-5-9(14)7-10(11)13(15,16)17/h2-7H,1H3,(H,18,19). The van der Waals surface area contributed by atoms with E-state index in [2.05, 4.69) is 4.98 Å². The fraction of sp³-hybridized carbons (Fsp3) is 0.154. The Morgan fingerprint density at radius 1 is 1.14 bits per heavy atom. The van der Waals surface area contributed by atoms with Crippen LogP contribution in [0.1, 0.15) is 11.3 Å². The lowest BCUT2D eigenvalue weighted by Gasteiger charge is -2.14. The summed E-state index contributed by atoms with van der Waals surface area (Å²) in [6, 6.07) is 5.73. The maximum Gasteiger partial charge on any atom is 0.417 e. The summed E-state index contributed by atoms with van der Waals surface area (Å²) in [5, 5.41) is 0. The second kappa shape index (κ2) is 5.56. The third-order valence-electron chi connectivity index (χ3n) is 2.66. The Hall–Kier alpha value is -2.16. The molecule has 0 atom stereocenters. The molecule has 2 rings (SSSR count). The zero-order valence-electron chi connectivity index (χ0n) is 11.1. The molecular weight excluding hydrogens is 324 g/mol. The molecule has 0 saturated carbocycles. The normalized spacial score (nSPS) is 12.2. The molecule has 0 spiro atoms. The first-order valence-corrected chi connectivity index (χ1v) is 7.41. The van der Waals surface area contributed by atoms with Crippen molar-refractivity contribution in [3.63, 3.8) is 0 Å². The minimum absolute atomic E-state index is 0.127. The van der Waals surface area contributed by atoms with Crippen LogP contribution in [0, 0.1) is 12.7 Å². The van der Waals surface area contributed by atoms with Gasteiger partial charge in [-0.15, -0.1) is 0 Å². The van der Waals surface area contributed by atoms with Crippen molar-refractivity contribution < 1.29 is 26.0 Å². The molecule has 1 aromatic heterocycles. The van der Waals surface area contributed by atoms with Gasteiger partial charge in [0, 0.05) is 5.69 Å². The Morgan fingerprint density at radius 2 is 1.82 bits per heavy atom. The third-order valence-corrected chi connectivity index (χ3v) is 4.08. The molecule has 0 aliphatic rings. The second-order valence-electron chi connectivity index (χ2n) is 4.41. The van der Waals surface area contributed by atoms with Crippen LogP contribution in [0.5, 0.6) is 0 Å². The molecule has 9 heteroatoms. The summed E-state index contributed by atoms with van der Waals surface area (Å²) in [5.74, 6) is -1.31. The van der Waals surface area contributed by atoms with E-state index >= 15 is 0 Å². The van der Waals surface area contributed by atoms with Gasteiger partial charge in [0.1, 0.15) is 11.6 Å². The first kappa shape index (κ1) is 16.2. The highest BCUT2D eigenvalue weighted by Crippen LogP contribution is 2.35. The monoisotopic (exact) mass is 334 g/mol. The maximum absolute atomic E-state index is 13.0. The Labute approximate surface area is 123 Å². The van der Waals surface area contributed by atoms with Gasteiger partial charge in [0.2, 0.25) is 0 Å². The molecule has 22 heavy (non-hydrogen) atoms. The van der Waals surface area contributed by atoms with Gasteiger partial charge in [-0.2, -0.15) is 13.2 Å². The second-order valence-corrected chi connectivity index (χ2v) is 6.06. The summed E-state index contributed by atoms with van der Waals surface area (Å²) < 4.78 is 77.9. The van der Waals surface area contributed by atoms with E-state index in [4.69, 9.17) is 0 Å². The van der Waals surface area contributed by atoms with Crippen molar-refractivity contribution in [2.45, 2.75) is 18.0 Å². The summed E-state index contributed by atoms with van der Waals surface area (Å²) in [5.41, 5.74) is -1.09. The number of benzene rings is 1. The van der Waals surface area contributed by atoms with E-state index in [1.54, 1.807) is 13.0 Å². The van der Waals surface area contributed by atoms with Gasteiger partial charge in [0.25, 0.3) is 10.0 Å². The number of sulfonamides is 1. The number of aryl methyl sites for hydroxylation is 1. The van der Waals surface area contributed by atoms with Crippen molar-refractivity contribution in [3.8, 4) is 0 Å². The highest BCUT2D eigenvalue weighted by Gasteiger charge is 2.37. The van der Waals surface area contributed by atoms with Gasteiger partial charge in [0.05, 0.1) is 10.5 Å². The Bertz CT molecular complexity index is 804. The van der Waals surface area contributed by atoms with E-state index in [1.807, 2.05) is 4.72 Å². The number of pyridine rings is 1. The number of alkyl halides is 3. The molecule has 1 N–H and O–H groups in total. The van der Waals surface area contributed by atoms with Gasteiger partial charge in [-0.3, -0.25) is 4.72 Å². The van der Waals surface area contributed by atoms with Gasteiger partial charge in [-0.25, -0.2) is 17.8 Å². The molecule has 0 aliphatic heterocycles. The number of rotatable bonds is 3. The molecule has 4 nitrogen and oxygen atoms in total. The summed E-state index contributed by atoms with van der Waals surface area (Å²) in [6.07, 6.45) is -5.01. The SMILES string of the molecule is Cc1cccc(NS(=O)(=O)c2ccc(F)cc2C(F)(F)F)n1. The summed E-state index contributed by atoms with van der Waals surface area (Å²) >= 11 is 0. The maximum atomic E-state index is 13.0. The highest BCUT2D eigenvalue weighted by molar-refractivity contribution is 7.92.